The zero-order valence-electron chi connectivity index (χ0n) is 19.8. The lowest BCUT2D eigenvalue weighted by Crippen LogP contribution is -2.22. The topological polar surface area (TPSA) is 93.2 Å². The molecule has 0 aromatic heterocycles. The minimum atomic E-state index is -0.684. The van der Waals surface area contributed by atoms with Crippen LogP contribution in [0.25, 0.3) is 43.1 Å². The van der Waals surface area contributed by atoms with Crippen molar-refractivity contribution >= 4 is 78.3 Å². The predicted octanol–water partition coefficient (Wildman–Crippen LogP) is 4.49. The van der Waals surface area contributed by atoms with Crippen LogP contribution in [0.5, 0.6) is 0 Å². The molecule has 0 bridgehead atoms. The Balaban J connectivity index is 1.89. The summed E-state index contributed by atoms with van der Waals surface area (Å²) < 4.78 is 10.1. The third kappa shape index (κ3) is 2.28. The molecule has 2 aliphatic rings. The van der Waals surface area contributed by atoms with Crippen molar-refractivity contribution in [2.75, 3.05) is 38.0 Å². The molecule has 0 aliphatic carbocycles. The standard InChI is InChI=1S/C28H18N2O6/c1-29(2)17-9-15-19-13(25(31)35-27(15)33)8-6-12-22-18(30(3)4)10-16-20-14(26(32)36-28(16)34)7-5-11(24(20)22)21(17)23(12)19/h5-10H,1-4H3. The number of nitrogens with zero attached hydrogens (tertiary/aromatic N) is 2. The minimum absolute atomic E-state index is 0.327. The first-order valence-electron chi connectivity index (χ1n) is 11.3. The molecule has 0 unspecified atom stereocenters. The van der Waals surface area contributed by atoms with Crippen LogP contribution in [0.15, 0.2) is 36.4 Å². The first-order valence-corrected chi connectivity index (χ1v) is 11.3. The van der Waals surface area contributed by atoms with Gasteiger partial charge >= 0.3 is 23.9 Å². The number of anilines is 2. The van der Waals surface area contributed by atoms with E-state index in [4.69, 9.17) is 9.47 Å². The van der Waals surface area contributed by atoms with Crippen LogP contribution in [0.4, 0.5) is 11.4 Å². The molecule has 0 fully saturated rings. The summed E-state index contributed by atoms with van der Waals surface area (Å²) in [4.78, 5) is 54.9. The van der Waals surface area contributed by atoms with Crippen LogP contribution in [0.2, 0.25) is 0 Å². The molecule has 8 heteroatoms. The maximum Gasteiger partial charge on any atom is 0.346 e. The fraction of sp³-hybridized carbons (Fsp3) is 0.143. The third-order valence-corrected chi connectivity index (χ3v) is 7.28. The van der Waals surface area contributed by atoms with Crippen molar-refractivity contribution in [3.63, 3.8) is 0 Å². The number of hydrogen-bond acceptors (Lipinski definition) is 8. The smallest absolute Gasteiger partial charge is 0.346 e. The molecular formula is C28H18N2O6. The second-order valence-electron chi connectivity index (χ2n) is 9.60. The van der Waals surface area contributed by atoms with E-state index < -0.39 is 23.9 Å². The van der Waals surface area contributed by atoms with Crippen LogP contribution < -0.4 is 9.80 Å². The zero-order chi connectivity index (χ0) is 25.2. The molecule has 7 rings (SSSR count). The van der Waals surface area contributed by atoms with E-state index in [1.165, 1.54) is 0 Å². The van der Waals surface area contributed by atoms with Gasteiger partial charge in [0.05, 0.1) is 22.3 Å². The zero-order valence-corrected chi connectivity index (χ0v) is 19.8. The Morgan fingerprint density at radius 1 is 0.472 bits per heavy atom. The highest BCUT2D eigenvalue weighted by Gasteiger charge is 2.35. The van der Waals surface area contributed by atoms with E-state index in [9.17, 15) is 19.2 Å². The highest BCUT2D eigenvalue weighted by Crippen LogP contribution is 2.51. The van der Waals surface area contributed by atoms with Gasteiger partial charge in [-0.15, -0.1) is 0 Å². The van der Waals surface area contributed by atoms with Crippen molar-refractivity contribution in [2.24, 2.45) is 0 Å². The SMILES string of the molecule is CN(C)c1cc2c3c(ccc4c5c(N(C)C)cc6c7c(ccc(c1c34)c75)C(=O)OC6=O)C(=O)OC2=O. The molecule has 0 amide bonds. The molecule has 5 aromatic carbocycles. The number of benzene rings is 5. The van der Waals surface area contributed by atoms with Gasteiger partial charge in [-0.05, 0) is 35.0 Å². The summed E-state index contributed by atoms with van der Waals surface area (Å²) in [5.41, 5.74) is 2.82. The molecule has 0 saturated heterocycles. The summed E-state index contributed by atoms with van der Waals surface area (Å²) in [6.45, 7) is 0. The maximum absolute atomic E-state index is 12.8. The molecular weight excluding hydrogens is 460 g/mol. The number of carbonyl (C=O) groups excluding carboxylic acids is 4. The van der Waals surface area contributed by atoms with Crippen LogP contribution in [0, 0.1) is 0 Å². The van der Waals surface area contributed by atoms with Crippen LogP contribution >= 0.6 is 0 Å². The Labute approximate surface area is 203 Å². The molecule has 2 heterocycles. The van der Waals surface area contributed by atoms with Gasteiger partial charge in [0.2, 0.25) is 0 Å². The Morgan fingerprint density at radius 2 is 0.833 bits per heavy atom. The van der Waals surface area contributed by atoms with Gasteiger partial charge in [0.25, 0.3) is 0 Å². The number of carbonyl (C=O) groups is 4. The Bertz CT molecular complexity index is 1780. The fourth-order valence-corrected chi connectivity index (χ4v) is 5.82. The third-order valence-electron chi connectivity index (χ3n) is 7.28. The molecule has 0 saturated carbocycles. The van der Waals surface area contributed by atoms with Crippen molar-refractivity contribution in [2.45, 2.75) is 0 Å². The van der Waals surface area contributed by atoms with E-state index in [-0.39, 0.29) is 0 Å². The summed E-state index contributed by atoms with van der Waals surface area (Å²) in [6, 6.07) is 10.5. The molecule has 2 aliphatic heterocycles. The number of cyclic esters (lactones) is 4. The van der Waals surface area contributed by atoms with E-state index in [0.717, 1.165) is 43.7 Å². The number of rotatable bonds is 2. The summed E-state index contributed by atoms with van der Waals surface area (Å²) in [7, 11) is 7.50. The van der Waals surface area contributed by atoms with Crippen LogP contribution in [-0.2, 0) is 9.47 Å². The van der Waals surface area contributed by atoms with Crippen LogP contribution in [0.1, 0.15) is 41.4 Å². The molecule has 5 aromatic rings. The lowest BCUT2D eigenvalue weighted by Gasteiger charge is -2.28. The van der Waals surface area contributed by atoms with Gasteiger partial charge in [-0.25, -0.2) is 19.2 Å². The van der Waals surface area contributed by atoms with Gasteiger partial charge in [0, 0.05) is 71.9 Å². The molecule has 0 N–H and O–H groups in total. The van der Waals surface area contributed by atoms with Gasteiger partial charge in [-0.1, -0.05) is 12.1 Å². The Kier molecular flexibility index (Phi) is 3.72. The summed E-state index contributed by atoms with van der Waals surface area (Å²) in [5, 5.41) is 5.90. The fourth-order valence-electron chi connectivity index (χ4n) is 5.82. The summed E-state index contributed by atoms with van der Waals surface area (Å²) >= 11 is 0. The largest absolute Gasteiger partial charge is 0.386 e. The van der Waals surface area contributed by atoms with E-state index in [1.54, 1.807) is 24.3 Å². The van der Waals surface area contributed by atoms with Crippen molar-refractivity contribution in [1.29, 1.82) is 0 Å². The minimum Gasteiger partial charge on any atom is -0.386 e. The number of ether oxygens (including phenoxy) is 2. The number of esters is 4. The molecule has 176 valence electrons. The summed E-state index contributed by atoms with van der Waals surface area (Å²) in [5.74, 6) is -2.73. The van der Waals surface area contributed by atoms with E-state index in [0.29, 0.717) is 33.0 Å². The second-order valence-corrected chi connectivity index (χ2v) is 9.60. The highest BCUT2D eigenvalue weighted by molar-refractivity contribution is 6.43. The molecule has 0 radical (unpaired) electrons. The van der Waals surface area contributed by atoms with Gasteiger partial charge in [-0.3, -0.25) is 0 Å². The predicted molar refractivity (Wildman–Crippen MR) is 136 cm³/mol. The quantitative estimate of drug-likeness (QED) is 0.159. The monoisotopic (exact) mass is 478 g/mol. The average Bonchev–Trinajstić information content (AvgIpc) is 2.83. The lowest BCUT2D eigenvalue weighted by molar-refractivity contribution is 0.0373. The van der Waals surface area contributed by atoms with E-state index >= 15 is 0 Å². The maximum atomic E-state index is 12.8. The molecule has 0 atom stereocenters. The van der Waals surface area contributed by atoms with Crippen LogP contribution in [-0.4, -0.2) is 52.1 Å². The number of hydrogen-bond donors (Lipinski definition) is 0. The van der Waals surface area contributed by atoms with E-state index in [2.05, 4.69) is 0 Å². The first-order chi connectivity index (χ1) is 17.2. The van der Waals surface area contributed by atoms with Crippen molar-refractivity contribution < 1.29 is 28.7 Å². The van der Waals surface area contributed by atoms with Gasteiger partial charge in [0.1, 0.15) is 0 Å². The average molecular weight is 478 g/mol. The van der Waals surface area contributed by atoms with Gasteiger partial charge in [0.15, 0.2) is 0 Å². The highest BCUT2D eigenvalue weighted by atomic mass is 16.6. The van der Waals surface area contributed by atoms with Crippen molar-refractivity contribution in [1.82, 2.24) is 0 Å². The van der Waals surface area contributed by atoms with Gasteiger partial charge < -0.3 is 19.3 Å². The Hall–Kier alpha value is -4.72. The molecule has 8 nitrogen and oxygen atoms in total. The number of fused-ring (bicyclic) bond motifs is 2. The Morgan fingerprint density at radius 3 is 1.19 bits per heavy atom. The second kappa shape index (κ2) is 6.48. The van der Waals surface area contributed by atoms with Crippen LogP contribution in [0.3, 0.4) is 0 Å². The first kappa shape index (κ1) is 20.6. The molecule has 36 heavy (non-hydrogen) atoms. The van der Waals surface area contributed by atoms with Crippen molar-refractivity contribution in [3.05, 3.63) is 58.7 Å². The molecule has 0 spiro atoms. The summed E-state index contributed by atoms with van der Waals surface area (Å²) in [6.07, 6.45) is 0. The lowest BCUT2D eigenvalue weighted by atomic mass is 9.82. The normalized spacial score (nSPS) is 14.8. The van der Waals surface area contributed by atoms with Gasteiger partial charge in [-0.2, -0.15) is 0 Å². The van der Waals surface area contributed by atoms with E-state index in [1.807, 2.05) is 50.1 Å². The van der Waals surface area contributed by atoms with Crippen molar-refractivity contribution in [3.8, 4) is 0 Å².